The predicted molar refractivity (Wildman–Crippen MR) is 89.5 cm³/mol. The van der Waals surface area contributed by atoms with Crippen molar-refractivity contribution in [3.8, 4) is 0 Å². The third-order valence-corrected chi connectivity index (χ3v) is 3.74. The monoisotopic (exact) mass is 317 g/mol. The first-order valence-electron chi connectivity index (χ1n) is 7.19. The van der Waals surface area contributed by atoms with Crippen LogP contribution in [-0.4, -0.2) is 23.8 Å². The lowest BCUT2D eigenvalue weighted by atomic mass is 10.1. The van der Waals surface area contributed by atoms with E-state index in [2.05, 4.69) is 34.6 Å². The van der Waals surface area contributed by atoms with Gasteiger partial charge in [-0.1, -0.05) is 31.2 Å². The molecule has 0 saturated heterocycles. The highest BCUT2D eigenvalue weighted by Crippen LogP contribution is 2.16. The summed E-state index contributed by atoms with van der Waals surface area (Å²) in [5.74, 6) is -0.265. The second-order valence-electron chi connectivity index (χ2n) is 4.59. The highest BCUT2D eigenvalue weighted by Gasteiger charge is 2.07. The van der Waals surface area contributed by atoms with Crippen molar-refractivity contribution >= 4 is 28.7 Å². The summed E-state index contributed by atoms with van der Waals surface area (Å²) in [6.07, 6.45) is 2.96. The average Bonchev–Trinajstić information content (AvgIpc) is 2.95. The molecule has 0 amide bonds. The Bertz CT molecular complexity index is 635. The van der Waals surface area contributed by atoms with E-state index in [-0.39, 0.29) is 12.4 Å². The maximum atomic E-state index is 11.4. The molecule has 0 bridgehead atoms. The Balaban J connectivity index is 1.87. The number of hydrazone groups is 1. The standard InChI is InChI=1S/C16H19N3O2S/c1-3-12-5-7-13(8-6-12)10-17-19-16-18-14(11-22-16)9-15(20)21-4-2/h5-8,10-11H,3-4,9H2,1-2H3,(H,18,19)/b17-10+. The van der Waals surface area contributed by atoms with Crippen molar-refractivity contribution in [2.24, 2.45) is 5.10 Å². The van der Waals surface area contributed by atoms with Gasteiger partial charge in [-0.15, -0.1) is 11.3 Å². The maximum Gasteiger partial charge on any atom is 0.311 e. The number of rotatable bonds is 7. The topological polar surface area (TPSA) is 63.6 Å². The maximum absolute atomic E-state index is 11.4. The molecule has 1 aromatic carbocycles. The number of aromatic nitrogens is 1. The molecule has 0 spiro atoms. The predicted octanol–water partition coefficient (Wildman–Crippen LogP) is 3.26. The van der Waals surface area contributed by atoms with Gasteiger partial charge in [0.05, 0.1) is 24.9 Å². The molecule has 0 fully saturated rings. The number of hydrogen-bond acceptors (Lipinski definition) is 6. The molecule has 0 saturated carbocycles. The zero-order chi connectivity index (χ0) is 15.8. The van der Waals surface area contributed by atoms with Crippen LogP contribution < -0.4 is 5.43 Å². The van der Waals surface area contributed by atoms with E-state index >= 15 is 0 Å². The summed E-state index contributed by atoms with van der Waals surface area (Å²) < 4.78 is 4.89. The average molecular weight is 317 g/mol. The van der Waals surface area contributed by atoms with Gasteiger partial charge in [0.25, 0.3) is 0 Å². The van der Waals surface area contributed by atoms with Crippen LogP contribution in [0.15, 0.2) is 34.7 Å². The first-order chi connectivity index (χ1) is 10.7. The third kappa shape index (κ3) is 4.96. The number of carbonyl (C=O) groups is 1. The summed E-state index contributed by atoms with van der Waals surface area (Å²) >= 11 is 1.41. The van der Waals surface area contributed by atoms with Crippen molar-refractivity contribution in [2.75, 3.05) is 12.0 Å². The number of thiazole rings is 1. The lowest BCUT2D eigenvalue weighted by Gasteiger charge is -1.98. The van der Waals surface area contributed by atoms with E-state index in [0.717, 1.165) is 12.0 Å². The molecule has 0 radical (unpaired) electrons. The van der Waals surface area contributed by atoms with Crippen LogP contribution in [0, 0.1) is 0 Å². The van der Waals surface area contributed by atoms with Gasteiger partial charge in [-0.2, -0.15) is 5.10 Å². The highest BCUT2D eigenvalue weighted by molar-refractivity contribution is 7.13. The number of carbonyl (C=O) groups excluding carboxylic acids is 1. The molecule has 5 nitrogen and oxygen atoms in total. The Hall–Kier alpha value is -2.21. The molecule has 0 unspecified atom stereocenters. The van der Waals surface area contributed by atoms with Gasteiger partial charge in [0.1, 0.15) is 0 Å². The van der Waals surface area contributed by atoms with Crippen molar-refractivity contribution in [3.05, 3.63) is 46.5 Å². The second kappa shape index (κ2) is 8.29. The molecular weight excluding hydrogens is 298 g/mol. The van der Waals surface area contributed by atoms with Crippen molar-refractivity contribution in [1.82, 2.24) is 4.98 Å². The van der Waals surface area contributed by atoms with Gasteiger partial charge in [0, 0.05) is 5.38 Å². The summed E-state index contributed by atoms with van der Waals surface area (Å²) in [5.41, 5.74) is 5.88. The summed E-state index contributed by atoms with van der Waals surface area (Å²) in [6, 6.07) is 8.22. The molecular formula is C16H19N3O2S. The zero-order valence-corrected chi connectivity index (χ0v) is 13.5. The van der Waals surface area contributed by atoms with E-state index in [1.54, 1.807) is 13.1 Å². The molecule has 1 heterocycles. The Kier molecular flexibility index (Phi) is 6.09. The fourth-order valence-corrected chi connectivity index (χ4v) is 2.46. The fourth-order valence-electron chi connectivity index (χ4n) is 1.80. The van der Waals surface area contributed by atoms with Crippen LogP contribution in [0.3, 0.4) is 0 Å². The normalized spacial score (nSPS) is 10.8. The molecule has 1 N–H and O–H groups in total. The minimum atomic E-state index is -0.265. The van der Waals surface area contributed by atoms with Gasteiger partial charge < -0.3 is 4.74 Å². The number of benzene rings is 1. The highest BCUT2D eigenvalue weighted by atomic mass is 32.1. The minimum Gasteiger partial charge on any atom is -0.466 e. The molecule has 0 aliphatic rings. The Morgan fingerprint density at radius 1 is 1.36 bits per heavy atom. The van der Waals surface area contributed by atoms with E-state index in [1.807, 2.05) is 17.5 Å². The van der Waals surface area contributed by atoms with E-state index in [4.69, 9.17) is 4.74 Å². The largest absolute Gasteiger partial charge is 0.466 e. The van der Waals surface area contributed by atoms with Crippen molar-refractivity contribution in [1.29, 1.82) is 0 Å². The summed E-state index contributed by atoms with van der Waals surface area (Å²) in [4.78, 5) is 15.6. The van der Waals surface area contributed by atoms with Gasteiger partial charge in [0.15, 0.2) is 0 Å². The number of hydrogen-bond donors (Lipinski definition) is 1. The zero-order valence-electron chi connectivity index (χ0n) is 12.7. The fraction of sp³-hybridized carbons (Fsp3) is 0.312. The Morgan fingerprint density at radius 3 is 2.82 bits per heavy atom. The molecule has 6 heteroatoms. The van der Waals surface area contributed by atoms with E-state index in [1.165, 1.54) is 16.9 Å². The van der Waals surface area contributed by atoms with Gasteiger partial charge in [0.2, 0.25) is 5.13 Å². The van der Waals surface area contributed by atoms with Gasteiger partial charge in [-0.3, -0.25) is 10.2 Å². The van der Waals surface area contributed by atoms with Crippen LogP contribution in [0.4, 0.5) is 5.13 Å². The molecule has 0 atom stereocenters. The van der Waals surface area contributed by atoms with Crippen LogP contribution in [0.25, 0.3) is 0 Å². The molecule has 1 aromatic heterocycles. The summed E-state index contributed by atoms with van der Waals surface area (Å²) in [7, 11) is 0. The van der Waals surface area contributed by atoms with Crippen LogP contribution in [0.1, 0.15) is 30.7 Å². The van der Waals surface area contributed by atoms with Crippen LogP contribution in [0.2, 0.25) is 0 Å². The second-order valence-corrected chi connectivity index (χ2v) is 5.45. The molecule has 0 aliphatic heterocycles. The van der Waals surface area contributed by atoms with E-state index in [0.29, 0.717) is 17.4 Å². The number of aryl methyl sites for hydroxylation is 1. The lowest BCUT2D eigenvalue weighted by Crippen LogP contribution is -2.07. The first-order valence-corrected chi connectivity index (χ1v) is 8.07. The number of anilines is 1. The first kappa shape index (κ1) is 16.2. The van der Waals surface area contributed by atoms with Crippen LogP contribution >= 0.6 is 11.3 Å². The van der Waals surface area contributed by atoms with Gasteiger partial charge >= 0.3 is 5.97 Å². The number of ether oxygens (including phenoxy) is 1. The van der Waals surface area contributed by atoms with Crippen molar-refractivity contribution in [3.63, 3.8) is 0 Å². The Morgan fingerprint density at radius 2 is 2.14 bits per heavy atom. The molecule has 2 aromatic rings. The minimum absolute atomic E-state index is 0.189. The third-order valence-electron chi connectivity index (χ3n) is 2.94. The van der Waals surface area contributed by atoms with Crippen LogP contribution in [0.5, 0.6) is 0 Å². The lowest BCUT2D eigenvalue weighted by molar-refractivity contribution is -0.142. The number of nitrogens with zero attached hydrogens (tertiary/aromatic N) is 2. The number of esters is 1. The quantitative estimate of drug-likeness (QED) is 0.484. The van der Waals surface area contributed by atoms with Gasteiger partial charge in [-0.05, 0) is 24.5 Å². The summed E-state index contributed by atoms with van der Waals surface area (Å²) in [6.45, 7) is 4.30. The summed E-state index contributed by atoms with van der Waals surface area (Å²) in [5, 5.41) is 6.63. The molecule has 116 valence electrons. The van der Waals surface area contributed by atoms with Gasteiger partial charge in [-0.25, -0.2) is 4.98 Å². The van der Waals surface area contributed by atoms with Crippen molar-refractivity contribution in [2.45, 2.75) is 26.7 Å². The van der Waals surface area contributed by atoms with Crippen LogP contribution in [-0.2, 0) is 22.4 Å². The van der Waals surface area contributed by atoms with Crippen molar-refractivity contribution < 1.29 is 9.53 Å². The molecule has 0 aliphatic carbocycles. The Labute approximate surface area is 134 Å². The van der Waals surface area contributed by atoms with E-state index in [9.17, 15) is 4.79 Å². The SMILES string of the molecule is CCOC(=O)Cc1csc(N/N=C/c2ccc(CC)cc2)n1. The molecule has 2 rings (SSSR count). The number of nitrogens with one attached hydrogen (secondary N) is 1. The molecule has 22 heavy (non-hydrogen) atoms. The smallest absolute Gasteiger partial charge is 0.311 e. The van der Waals surface area contributed by atoms with E-state index < -0.39 is 0 Å².